The van der Waals surface area contributed by atoms with Crippen LogP contribution >= 0.6 is 0 Å². The van der Waals surface area contributed by atoms with Crippen molar-refractivity contribution in [2.24, 2.45) is 5.92 Å². The maximum absolute atomic E-state index is 12.3. The van der Waals surface area contributed by atoms with Crippen molar-refractivity contribution in [3.63, 3.8) is 0 Å². The van der Waals surface area contributed by atoms with E-state index in [2.05, 4.69) is 10.1 Å². The molecule has 0 amide bonds. The third-order valence-electron chi connectivity index (χ3n) is 3.74. The molecule has 1 N–H and O–H groups in total. The third kappa shape index (κ3) is 4.40. The van der Waals surface area contributed by atoms with Crippen LogP contribution in [-0.4, -0.2) is 12.9 Å². The minimum absolute atomic E-state index is 0.0992. The van der Waals surface area contributed by atoms with Crippen molar-refractivity contribution in [3.05, 3.63) is 29.8 Å². The van der Waals surface area contributed by atoms with Gasteiger partial charge in [-0.05, 0) is 36.6 Å². The molecule has 0 bridgehead atoms. The summed E-state index contributed by atoms with van der Waals surface area (Å²) in [7, 11) is 0. The first-order valence-corrected chi connectivity index (χ1v) is 7.07. The molecule has 1 saturated carbocycles. The van der Waals surface area contributed by atoms with Gasteiger partial charge in [-0.25, -0.2) is 0 Å². The van der Waals surface area contributed by atoms with Crippen molar-refractivity contribution < 1.29 is 17.9 Å². The fourth-order valence-electron chi connectivity index (χ4n) is 2.57. The van der Waals surface area contributed by atoms with Gasteiger partial charge in [0.1, 0.15) is 5.75 Å². The molecule has 0 radical (unpaired) electrons. The van der Waals surface area contributed by atoms with Gasteiger partial charge in [0.05, 0.1) is 0 Å². The van der Waals surface area contributed by atoms with E-state index in [9.17, 15) is 13.2 Å². The highest BCUT2D eigenvalue weighted by Gasteiger charge is 2.31. The Morgan fingerprint density at radius 1 is 1.35 bits per heavy atom. The molecule has 1 aliphatic rings. The van der Waals surface area contributed by atoms with Gasteiger partial charge in [0.25, 0.3) is 0 Å². The summed E-state index contributed by atoms with van der Waals surface area (Å²) in [5, 5.41) is 3.35. The van der Waals surface area contributed by atoms with Crippen LogP contribution in [0.15, 0.2) is 24.3 Å². The maximum Gasteiger partial charge on any atom is 0.573 e. The Labute approximate surface area is 117 Å². The predicted molar refractivity (Wildman–Crippen MR) is 71.5 cm³/mol. The SMILES string of the molecule is CCNC(CC1CCC1)c1cccc(OC(F)(F)F)c1. The lowest BCUT2D eigenvalue weighted by atomic mass is 9.79. The van der Waals surface area contributed by atoms with E-state index in [1.165, 1.54) is 31.4 Å². The number of halogens is 3. The number of benzene rings is 1. The van der Waals surface area contributed by atoms with E-state index >= 15 is 0 Å². The first-order valence-electron chi connectivity index (χ1n) is 7.07. The van der Waals surface area contributed by atoms with Crippen molar-refractivity contribution in [1.29, 1.82) is 0 Å². The standard InChI is InChI=1S/C15H20F3NO/c1-2-19-14(9-11-5-3-6-11)12-7-4-8-13(10-12)20-15(16,17)18/h4,7-8,10-11,14,19H,2-3,5-6,9H2,1H3. The monoisotopic (exact) mass is 287 g/mol. The van der Waals surface area contributed by atoms with Gasteiger partial charge in [-0.15, -0.1) is 13.2 Å². The van der Waals surface area contributed by atoms with Gasteiger partial charge in [0, 0.05) is 6.04 Å². The normalized spacial score (nSPS) is 17.6. The van der Waals surface area contributed by atoms with Crippen LogP contribution in [-0.2, 0) is 0 Å². The van der Waals surface area contributed by atoms with E-state index < -0.39 is 6.36 Å². The first-order chi connectivity index (χ1) is 9.48. The van der Waals surface area contributed by atoms with E-state index in [0.717, 1.165) is 18.5 Å². The van der Waals surface area contributed by atoms with Crippen LogP contribution in [0.3, 0.4) is 0 Å². The fourth-order valence-corrected chi connectivity index (χ4v) is 2.57. The zero-order valence-corrected chi connectivity index (χ0v) is 11.5. The quantitative estimate of drug-likeness (QED) is 0.836. The zero-order chi connectivity index (χ0) is 14.6. The molecule has 2 rings (SSSR count). The number of ether oxygens (including phenoxy) is 1. The molecule has 0 aliphatic heterocycles. The summed E-state index contributed by atoms with van der Waals surface area (Å²) in [5.74, 6) is 0.540. The molecule has 1 aromatic rings. The van der Waals surface area contributed by atoms with Crippen LogP contribution in [0, 0.1) is 5.92 Å². The molecule has 0 saturated heterocycles. The topological polar surface area (TPSA) is 21.3 Å². The molecule has 5 heteroatoms. The van der Waals surface area contributed by atoms with Gasteiger partial charge in [0.2, 0.25) is 0 Å². The molecule has 0 heterocycles. The summed E-state index contributed by atoms with van der Waals surface area (Å²) >= 11 is 0. The van der Waals surface area contributed by atoms with Gasteiger partial charge in [-0.1, -0.05) is 38.3 Å². The van der Waals surface area contributed by atoms with Gasteiger partial charge >= 0.3 is 6.36 Å². The summed E-state index contributed by atoms with van der Waals surface area (Å²) in [6.45, 7) is 2.80. The molecule has 20 heavy (non-hydrogen) atoms. The van der Waals surface area contributed by atoms with Crippen molar-refractivity contribution in [1.82, 2.24) is 5.32 Å². The lowest BCUT2D eigenvalue weighted by Gasteiger charge is -2.30. The Morgan fingerprint density at radius 3 is 2.65 bits per heavy atom. The molecule has 2 nitrogen and oxygen atoms in total. The minimum atomic E-state index is -4.64. The molecule has 1 aliphatic carbocycles. The first kappa shape index (κ1) is 15.2. The Hall–Kier alpha value is -1.23. The van der Waals surface area contributed by atoms with Crippen LogP contribution in [0.2, 0.25) is 0 Å². The fraction of sp³-hybridized carbons (Fsp3) is 0.600. The summed E-state index contributed by atoms with van der Waals surface area (Å²) in [4.78, 5) is 0. The second-order valence-corrected chi connectivity index (χ2v) is 5.26. The Balaban J connectivity index is 2.08. The summed E-state index contributed by atoms with van der Waals surface area (Å²) in [5.41, 5.74) is 0.862. The molecular formula is C15H20F3NO. The van der Waals surface area contributed by atoms with E-state index in [4.69, 9.17) is 0 Å². The van der Waals surface area contributed by atoms with Crippen LogP contribution < -0.4 is 10.1 Å². The second-order valence-electron chi connectivity index (χ2n) is 5.26. The molecule has 1 aromatic carbocycles. The predicted octanol–water partition coefficient (Wildman–Crippen LogP) is 4.43. The largest absolute Gasteiger partial charge is 0.573 e. The molecular weight excluding hydrogens is 267 g/mol. The van der Waals surface area contributed by atoms with E-state index in [1.807, 2.05) is 13.0 Å². The van der Waals surface area contributed by atoms with Gasteiger partial charge in [-0.2, -0.15) is 0 Å². The van der Waals surface area contributed by atoms with Gasteiger partial charge in [-0.3, -0.25) is 0 Å². The van der Waals surface area contributed by atoms with E-state index in [-0.39, 0.29) is 11.8 Å². The highest BCUT2D eigenvalue weighted by atomic mass is 19.4. The summed E-state index contributed by atoms with van der Waals surface area (Å²) in [6, 6.07) is 6.39. The molecule has 1 unspecified atom stereocenters. The van der Waals surface area contributed by atoms with Crippen LogP contribution in [0.4, 0.5) is 13.2 Å². The minimum Gasteiger partial charge on any atom is -0.406 e. The average molecular weight is 287 g/mol. The summed E-state index contributed by atoms with van der Waals surface area (Å²) in [6.07, 6.45) is 0.0472. The second kappa shape index (κ2) is 6.48. The van der Waals surface area contributed by atoms with E-state index in [1.54, 1.807) is 6.07 Å². The van der Waals surface area contributed by atoms with Crippen molar-refractivity contribution in [2.75, 3.05) is 6.54 Å². The molecule has 112 valence electrons. The van der Waals surface area contributed by atoms with Gasteiger partial charge < -0.3 is 10.1 Å². The van der Waals surface area contributed by atoms with E-state index in [0.29, 0.717) is 5.92 Å². The Morgan fingerprint density at radius 2 is 2.10 bits per heavy atom. The number of alkyl halides is 3. The van der Waals surface area contributed by atoms with Crippen molar-refractivity contribution in [3.8, 4) is 5.75 Å². The molecule has 1 atom stereocenters. The molecule has 1 fully saturated rings. The zero-order valence-electron chi connectivity index (χ0n) is 11.5. The number of rotatable bonds is 6. The number of nitrogens with one attached hydrogen (secondary N) is 1. The van der Waals surface area contributed by atoms with Crippen molar-refractivity contribution in [2.45, 2.75) is 45.0 Å². The van der Waals surface area contributed by atoms with Crippen LogP contribution in [0.1, 0.15) is 44.2 Å². The van der Waals surface area contributed by atoms with Crippen LogP contribution in [0.25, 0.3) is 0 Å². The molecule has 0 aromatic heterocycles. The Bertz CT molecular complexity index is 429. The highest BCUT2D eigenvalue weighted by Crippen LogP contribution is 2.35. The third-order valence-corrected chi connectivity index (χ3v) is 3.74. The number of hydrogen-bond acceptors (Lipinski definition) is 2. The van der Waals surface area contributed by atoms with Crippen molar-refractivity contribution >= 4 is 0 Å². The lowest BCUT2D eigenvalue weighted by Crippen LogP contribution is -2.26. The lowest BCUT2D eigenvalue weighted by molar-refractivity contribution is -0.274. The number of hydrogen-bond donors (Lipinski definition) is 1. The average Bonchev–Trinajstić information content (AvgIpc) is 2.30. The maximum atomic E-state index is 12.3. The van der Waals surface area contributed by atoms with Gasteiger partial charge in [0.15, 0.2) is 0 Å². The highest BCUT2D eigenvalue weighted by molar-refractivity contribution is 5.31. The summed E-state index contributed by atoms with van der Waals surface area (Å²) < 4.78 is 40.8. The Kier molecular flexibility index (Phi) is 4.91. The molecule has 0 spiro atoms. The smallest absolute Gasteiger partial charge is 0.406 e. The van der Waals surface area contributed by atoms with Crippen LogP contribution in [0.5, 0.6) is 5.75 Å².